The molecule has 0 unspecified atom stereocenters. The molecule has 0 amide bonds. The molecule has 0 aliphatic carbocycles. The number of aryl methyl sites for hydroxylation is 1. The van der Waals surface area contributed by atoms with Crippen LogP contribution in [0.2, 0.25) is 5.02 Å². The summed E-state index contributed by atoms with van der Waals surface area (Å²) in [6, 6.07) is 5.22. The normalized spacial score (nSPS) is 10.2. The Morgan fingerprint density at radius 3 is 2.87 bits per heavy atom. The van der Waals surface area contributed by atoms with Crippen LogP contribution in [0, 0.1) is 19.3 Å². The highest BCUT2D eigenvalue weighted by Crippen LogP contribution is 2.32. The highest BCUT2D eigenvalue weighted by Gasteiger charge is 2.10. The molecule has 2 nitrogen and oxygen atoms in total. The fourth-order valence-electron chi connectivity index (χ4n) is 1.44. The Kier molecular flexibility index (Phi) is 2.26. The van der Waals surface area contributed by atoms with Gasteiger partial charge in [-0.25, -0.2) is 4.98 Å². The summed E-state index contributed by atoms with van der Waals surface area (Å²) in [7, 11) is 0. The fourth-order valence-corrected chi connectivity index (χ4v) is 1.70. The number of terminal acetylenes is 1. The zero-order valence-electron chi connectivity index (χ0n) is 8.08. The molecular weight excluding hydrogens is 210 g/mol. The lowest BCUT2D eigenvalue weighted by atomic mass is 10.1. The fraction of sp³-hybridized carbons (Fsp3) is 0.0833. The number of halogens is 1. The van der Waals surface area contributed by atoms with Crippen molar-refractivity contribution in [3.05, 3.63) is 34.5 Å². The van der Waals surface area contributed by atoms with Crippen LogP contribution in [-0.2, 0) is 0 Å². The predicted octanol–water partition coefficient (Wildman–Crippen LogP) is 2.88. The summed E-state index contributed by atoms with van der Waals surface area (Å²) in [5.74, 6) is 2.39. The topological polar surface area (TPSA) is 33.1 Å². The molecule has 2 rings (SSSR count). The average molecular weight is 218 g/mol. The van der Waals surface area contributed by atoms with E-state index in [9.17, 15) is 5.11 Å². The summed E-state index contributed by atoms with van der Waals surface area (Å²) in [5, 5.41) is 11.0. The molecule has 1 N–H and O–H groups in total. The van der Waals surface area contributed by atoms with E-state index in [2.05, 4.69) is 10.9 Å². The second kappa shape index (κ2) is 3.45. The molecule has 1 heterocycles. The molecule has 0 saturated heterocycles. The Balaban J connectivity index is 2.96. The van der Waals surface area contributed by atoms with Crippen molar-refractivity contribution in [2.75, 3.05) is 0 Å². The standard InChI is InChI=1S/C12H8ClNO/c1-3-8-6-10(13)9-5-4-7(2)14-11(9)12(8)15/h1,4-6,15H,2H3. The minimum absolute atomic E-state index is 0.0144. The van der Waals surface area contributed by atoms with E-state index in [1.807, 2.05) is 19.1 Å². The van der Waals surface area contributed by atoms with Crippen LogP contribution >= 0.6 is 11.6 Å². The zero-order chi connectivity index (χ0) is 11.0. The molecule has 74 valence electrons. The number of nitrogens with zero attached hydrogens (tertiary/aromatic N) is 1. The number of benzene rings is 1. The van der Waals surface area contributed by atoms with Crippen LogP contribution in [0.15, 0.2) is 18.2 Å². The molecule has 2 aromatic rings. The van der Waals surface area contributed by atoms with E-state index in [1.165, 1.54) is 0 Å². The SMILES string of the molecule is C#Cc1cc(Cl)c2ccc(C)nc2c1O. The molecule has 0 saturated carbocycles. The van der Waals surface area contributed by atoms with Gasteiger partial charge in [-0.3, -0.25) is 0 Å². The van der Waals surface area contributed by atoms with Crippen molar-refractivity contribution in [3.8, 4) is 18.1 Å². The maximum Gasteiger partial charge on any atom is 0.157 e. The van der Waals surface area contributed by atoms with Gasteiger partial charge in [0.05, 0.1) is 10.6 Å². The highest BCUT2D eigenvalue weighted by molar-refractivity contribution is 6.35. The van der Waals surface area contributed by atoms with E-state index in [1.54, 1.807) is 6.07 Å². The summed E-state index contributed by atoms with van der Waals surface area (Å²) in [6.07, 6.45) is 5.25. The number of phenols is 1. The first-order chi connectivity index (χ1) is 7.13. The quantitative estimate of drug-likeness (QED) is 0.689. The van der Waals surface area contributed by atoms with Crippen LogP contribution in [0.3, 0.4) is 0 Å². The van der Waals surface area contributed by atoms with Crippen LogP contribution in [0.4, 0.5) is 0 Å². The van der Waals surface area contributed by atoms with E-state index in [-0.39, 0.29) is 5.75 Å². The van der Waals surface area contributed by atoms with E-state index >= 15 is 0 Å². The van der Waals surface area contributed by atoms with Gasteiger partial charge < -0.3 is 5.11 Å². The number of rotatable bonds is 0. The summed E-state index contributed by atoms with van der Waals surface area (Å²) in [5.41, 5.74) is 1.63. The maximum atomic E-state index is 9.83. The van der Waals surface area contributed by atoms with Crippen LogP contribution < -0.4 is 0 Å². The molecule has 3 heteroatoms. The maximum absolute atomic E-state index is 9.83. The first kappa shape index (κ1) is 9.82. The first-order valence-corrected chi connectivity index (χ1v) is 4.76. The van der Waals surface area contributed by atoms with Gasteiger partial charge in [0.2, 0.25) is 0 Å². The molecule has 0 aliphatic rings. The van der Waals surface area contributed by atoms with Crippen molar-refractivity contribution in [1.82, 2.24) is 4.98 Å². The van der Waals surface area contributed by atoms with Gasteiger partial charge in [0, 0.05) is 11.1 Å². The number of pyridine rings is 1. The molecule has 0 fully saturated rings. The van der Waals surface area contributed by atoms with Gasteiger partial charge >= 0.3 is 0 Å². The van der Waals surface area contributed by atoms with Crippen LogP contribution in [0.1, 0.15) is 11.3 Å². The smallest absolute Gasteiger partial charge is 0.157 e. The monoisotopic (exact) mass is 217 g/mol. The van der Waals surface area contributed by atoms with Crippen LogP contribution in [0.5, 0.6) is 5.75 Å². The lowest BCUT2D eigenvalue weighted by Crippen LogP contribution is -1.87. The van der Waals surface area contributed by atoms with Crippen molar-refractivity contribution < 1.29 is 5.11 Å². The van der Waals surface area contributed by atoms with Gasteiger partial charge in [-0.15, -0.1) is 6.42 Å². The van der Waals surface area contributed by atoms with Gasteiger partial charge in [-0.05, 0) is 25.1 Å². The van der Waals surface area contributed by atoms with Gasteiger partial charge in [0.25, 0.3) is 0 Å². The third-order valence-corrected chi connectivity index (χ3v) is 2.51. The van der Waals surface area contributed by atoms with Crippen molar-refractivity contribution >= 4 is 22.5 Å². The Morgan fingerprint density at radius 2 is 2.20 bits per heavy atom. The van der Waals surface area contributed by atoms with E-state index in [0.29, 0.717) is 21.5 Å². The predicted molar refractivity (Wildman–Crippen MR) is 61.1 cm³/mol. The Bertz CT molecular complexity index is 584. The van der Waals surface area contributed by atoms with E-state index < -0.39 is 0 Å². The van der Waals surface area contributed by atoms with Gasteiger partial charge in [0.1, 0.15) is 5.52 Å². The molecule has 1 aromatic carbocycles. The summed E-state index contributed by atoms with van der Waals surface area (Å²) in [4.78, 5) is 4.21. The third kappa shape index (κ3) is 1.51. The van der Waals surface area contributed by atoms with Gasteiger partial charge in [0.15, 0.2) is 5.75 Å². The third-order valence-electron chi connectivity index (χ3n) is 2.20. The molecule has 1 aromatic heterocycles. The molecule has 0 atom stereocenters. The lowest BCUT2D eigenvalue weighted by Gasteiger charge is -2.05. The summed E-state index contributed by atoms with van der Waals surface area (Å²) in [6.45, 7) is 1.84. The van der Waals surface area contributed by atoms with E-state index in [0.717, 1.165) is 5.69 Å². The second-order valence-corrected chi connectivity index (χ2v) is 3.65. The molecule has 0 radical (unpaired) electrons. The molecule has 0 spiro atoms. The largest absolute Gasteiger partial charge is 0.504 e. The van der Waals surface area contributed by atoms with Gasteiger partial charge in [-0.2, -0.15) is 0 Å². The average Bonchev–Trinajstić information content (AvgIpc) is 2.23. The van der Waals surface area contributed by atoms with E-state index in [4.69, 9.17) is 18.0 Å². The second-order valence-electron chi connectivity index (χ2n) is 3.25. The van der Waals surface area contributed by atoms with Gasteiger partial charge in [-0.1, -0.05) is 17.5 Å². The van der Waals surface area contributed by atoms with Crippen LogP contribution in [0.25, 0.3) is 10.9 Å². The first-order valence-electron chi connectivity index (χ1n) is 4.39. The van der Waals surface area contributed by atoms with Crippen molar-refractivity contribution in [3.63, 3.8) is 0 Å². The van der Waals surface area contributed by atoms with Crippen molar-refractivity contribution in [2.45, 2.75) is 6.92 Å². The number of hydrogen-bond donors (Lipinski definition) is 1. The summed E-state index contributed by atoms with van der Waals surface area (Å²) >= 11 is 6.02. The van der Waals surface area contributed by atoms with Crippen LogP contribution in [-0.4, -0.2) is 10.1 Å². The minimum Gasteiger partial charge on any atom is -0.504 e. The Morgan fingerprint density at radius 1 is 1.47 bits per heavy atom. The molecule has 0 bridgehead atoms. The highest BCUT2D eigenvalue weighted by atomic mass is 35.5. The number of aromatic nitrogens is 1. The number of hydrogen-bond acceptors (Lipinski definition) is 2. The number of aromatic hydroxyl groups is 1. The van der Waals surface area contributed by atoms with Crippen molar-refractivity contribution in [2.24, 2.45) is 0 Å². The molecule has 0 aliphatic heterocycles. The Hall–Kier alpha value is -1.72. The lowest BCUT2D eigenvalue weighted by molar-refractivity contribution is 0.478. The molecule has 15 heavy (non-hydrogen) atoms. The number of fused-ring (bicyclic) bond motifs is 1. The zero-order valence-corrected chi connectivity index (χ0v) is 8.84. The van der Waals surface area contributed by atoms with Crippen molar-refractivity contribution in [1.29, 1.82) is 0 Å². The molecular formula is C12H8ClNO. The summed E-state index contributed by atoms with van der Waals surface area (Å²) < 4.78 is 0. The minimum atomic E-state index is 0.0144. The Labute approximate surface area is 92.5 Å². The number of phenolic OH excluding ortho intramolecular Hbond substituents is 1.